The Hall–Kier alpha value is -2.33. The van der Waals surface area contributed by atoms with Crippen LogP contribution in [0, 0.1) is 0 Å². The summed E-state index contributed by atoms with van der Waals surface area (Å²) in [5.41, 5.74) is 1.08. The lowest BCUT2D eigenvalue weighted by molar-refractivity contribution is -0.139. The number of hydrogen-bond donors (Lipinski definition) is 1. The van der Waals surface area contributed by atoms with Gasteiger partial charge in [0.05, 0.1) is 5.56 Å². The molecule has 4 nitrogen and oxygen atoms in total. The van der Waals surface area contributed by atoms with Gasteiger partial charge in [-0.2, -0.15) is 0 Å². The molecule has 1 unspecified atom stereocenters. The second-order valence-corrected chi connectivity index (χ2v) is 6.20. The molecule has 23 heavy (non-hydrogen) atoms. The zero-order chi connectivity index (χ0) is 16.4. The van der Waals surface area contributed by atoms with E-state index in [0.717, 1.165) is 11.1 Å². The van der Waals surface area contributed by atoms with Crippen molar-refractivity contribution in [3.8, 4) is 0 Å². The molecule has 0 aliphatic carbocycles. The maximum atomic E-state index is 12.5. The van der Waals surface area contributed by atoms with Gasteiger partial charge >= 0.3 is 5.97 Å². The van der Waals surface area contributed by atoms with Crippen LogP contribution in [0.4, 0.5) is 0 Å². The van der Waals surface area contributed by atoms with E-state index < -0.39 is 11.6 Å². The number of nitrogens with one attached hydrogen (secondary N) is 1. The van der Waals surface area contributed by atoms with Crippen LogP contribution in [-0.2, 0) is 22.5 Å². The van der Waals surface area contributed by atoms with Gasteiger partial charge in [-0.3, -0.25) is 4.79 Å². The molecule has 2 aromatic carbocycles. The second kappa shape index (κ2) is 6.05. The largest absolute Gasteiger partial charge is 0.445 e. The van der Waals surface area contributed by atoms with Gasteiger partial charge in [-0.05, 0) is 36.2 Å². The zero-order valence-electron chi connectivity index (χ0n) is 12.6. The number of ether oxygens (including phenoxy) is 1. The molecule has 0 aromatic heterocycles. The number of carbonyl (C=O) groups is 2. The third-order valence-electron chi connectivity index (χ3n) is 3.93. The Balaban J connectivity index is 1.72. The first-order valence-electron chi connectivity index (χ1n) is 7.32. The lowest BCUT2D eigenvalue weighted by Gasteiger charge is -2.33. The van der Waals surface area contributed by atoms with Crippen molar-refractivity contribution >= 4 is 23.5 Å². The fourth-order valence-corrected chi connectivity index (χ4v) is 2.76. The summed E-state index contributed by atoms with van der Waals surface area (Å²) in [5, 5.41) is 3.46. The van der Waals surface area contributed by atoms with Crippen molar-refractivity contribution in [1.82, 2.24) is 5.32 Å². The minimum absolute atomic E-state index is 0.310. The average Bonchev–Trinajstić information content (AvgIpc) is 2.54. The molecule has 0 radical (unpaired) electrons. The number of rotatable bonds is 3. The van der Waals surface area contributed by atoms with E-state index in [1.165, 1.54) is 0 Å². The number of halogens is 1. The number of hydrogen-bond acceptors (Lipinski definition) is 3. The predicted molar refractivity (Wildman–Crippen MR) is 87.3 cm³/mol. The summed E-state index contributed by atoms with van der Waals surface area (Å²) in [7, 11) is 0. The van der Waals surface area contributed by atoms with Crippen LogP contribution in [0.2, 0.25) is 5.02 Å². The molecule has 1 aliphatic heterocycles. The van der Waals surface area contributed by atoms with Crippen LogP contribution in [0.25, 0.3) is 0 Å². The number of esters is 1. The summed E-state index contributed by atoms with van der Waals surface area (Å²) in [4.78, 5) is 24.6. The summed E-state index contributed by atoms with van der Waals surface area (Å²) < 4.78 is 5.40. The summed E-state index contributed by atoms with van der Waals surface area (Å²) in [6, 6.07) is 14.4. The highest BCUT2D eigenvalue weighted by Crippen LogP contribution is 2.28. The second-order valence-electron chi connectivity index (χ2n) is 5.76. The normalized spacial score (nSPS) is 19.7. The highest BCUT2D eigenvalue weighted by Gasteiger charge is 2.42. The van der Waals surface area contributed by atoms with Gasteiger partial charge in [0, 0.05) is 18.0 Å². The van der Waals surface area contributed by atoms with Gasteiger partial charge in [-0.1, -0.05) is 41.9 Å². The molecule has 0 bridgehead atoms. The SMILES string of the molecule is CC1(C(=O)NCc2ccc(Cl)cc2)Cc2ccccc2C(=O)O1. The first-order chi connectivity index (χ1) is 11.0. The van der Waals surface area contributed by atoms with Gasteiger partial charge in [-0.25, -0.2) is 4.79 Å². The number of carbonyl (C=O) groups excluding carboxylic acids is 2. The smallest absolute Gasteiger partial charge is 0.339 e. The minimum Gasteiger partial charge on any atom is -0.445 e. The van der Waals surface area contributed by atoms with Gasteiger partial charge in [-0.15, -0.1) is 0 Å². The predicted octanol–water partition coefficient (Wildman–Crippen LogP) is 3.13. The fraction of sp³-hybridized carbons (Fsp3) is 0.222. The highest BCUT2D eigenvalue weighted by atomic mass is 35.5. The molecule has 1 heterocycles. The third-order valence-corrected chi connectivity index (χ3v) is 4.18. The Labute approximate surface area is 139 Å². The molecule has 1 atom stereocenters. The van der Waals surface area contributed by atoms with Gasteiger partial charge in [0.15, 0.2) is 5.60 Å². The van der Waals surface area contributed by atoms with Crippen LogP contribution in [-0.4, -0.2) is 17.5 Å². The van der Waals surface area contributed by atoms with Crippen LogP contribution in [0.3, 0.4) is 0 Å². The van der Waals surface area contributed by atoms with Crippen molar-refractivity contribution in [3.05, 3.63) is 70.2 Å². The molecular weight excluding hydrogens is 314 g/mol. The maximum Gasteiger partial charge on any atom is 0.339 e. The molecule has 0 fully saturated rings. The first kappa shape index (κ1) is 15.6. The number of benzene rings is 2. The molecule has 0 saturated heterocycles. The van der Waals surface area contributed by atoms with Crippen molar-refractivity contribution in [3.63, 3.8) is 0 Å². The average molecular weight is 330 g/mol. The molecule has 2 aromatic rings. The lowest BCUT2D eigenvalue weighted by Crippen LogP contribution is -2.51. The highest BCUT2D eigenvalue weighted by molar-refractivity contribution is 6.30. The van der Waals surface area contributed by atoms with E-state index in [1.54, 1.807) is 31.2 Å². The van der Waals surface area contributed by atoms with Crippen LogP contribution in [0.5, 0.6) is 0 Å². The summed E-state index contributed by atoms with van der Waals surface area (Å²) in [6.07, 6.45) is 0.362. The molecule has 0 saturated carbocycles. The van der Waals surface area contributed by atoms with Crippen LogP contribution in [0.1, 0.15) is 28.4 Å². The summed E-state index contributed by atoms with van der Waals surface area (Å²) in [6.45, 7) is 1.99. The maximum absolute atomic E-state index is 12.5. The third kappa shape index (κ3) is 3.22. The lowest BCUT2D eigenvalue weighted by atomic mass is 9.89. The molecule has 118 valence electrons. The van der Waals surface area contributed by atoms with E-state index in [4.69, 9.17) is 16.3 Å². The first-order valence-corrected chi connectivity index (χ1v) is 7.70. The van der Waals surface area contributed by atoms with Crippen molar-refractivity contribution < 1.29 is 14.3 Å². The van der Waals surface area contributed by atoms with E-state index in [1.807, 2.05) is 24.3 Å². The van der Waals surface area contributed by atoms with Gasteiger partial charge in [0.1, 0.15) is 0 Å². The van der Waals surface area contributed by atoms with Crippen molar-refractivity contribution in [2.45, 2.75) is 25.5 Å². The summed E-state index contributed by atoms with van der Waals surface area (Å²) >= 11 is 5.84. The Morgan fingerprint density at radius 1 is 1.22 bits per heavy atom. The molecule has 1 amide bonds. The quantitative estimate of drug-likeness (QED) is 0.880. The zero-order valence-corrected chi connectivity index (χ0v) is 13.4. The molecule has 1 aliphatic rings. The van der Waals surface area contributed by atoms with Gasteiger partial charge < -0.3 is 10.1 Å². The van der Waals surface area contributed by atoms with Crippen LogP contribution >= 0.6 is 11.6 Å². The van der Waals surface area contributed by atoms with E-state index in [-0.39, 0.29) is 5.91 Å². The van der Waals surface area contributed by atoms with Gasteiger partial charge in [0.2, 0.25) is 0 Å². The number of amides is 1. The van der Waals surface area contributed by atoms with Crippen molar-refractivity contribution in [2.75, 3.05) is 0 Å². The number of fused-ring (bicyclic) bond motifs is 1. The molecule has 3 rings (SSSR count). The minimum atomic E-state index is -1.20. The molecule has 5 heteroatoms. The van der Waals surface area contributed by atoms with E-state index >= 15 is 0 Å². The van der Waals surface area contributed by atoms with E-state index in [9.17, 15) is 9.59 Å². The molecule has 1 N–H and O–H groups in total. The fourth-order valence-electron chi connectivity index (χ4n) is 2.63. The van der Waals surface area contributed by atoms with Crippen molar-refractivity contribution in [1.29, 1.82) is 0 Å². The van der Waals surface area contributed by atoms with Crippen LogP contribution < -0.4 is 5.32 Å². The van der Waals surface area contributed by atoms with E-state index in [0.29, 0.717) is 23.6 Å². The Bertz CT molecular complexity index is 757. The summed E-state index contributed by atoms with van der Waals surface area (Å²) in [5.74, 6) is -0.772. The van der Waals surface area contributed by atoms with Gasteiger partial charge in [0.25, 0.3) is 5.91 Å². The molecular formula is C18H16ClNO3. The Morgan fingerprint density at radius 2 is 1.91 bits per heavy atom. The Morgan fingerprint density at radius 3 is 2.65 bits per heavy atom. The van der Waals surface area contributed by atoms with Crippen LogP contribution in [0.15, 0.2) is 48.5 Å². The van der Waals surface area contributed by atoms with E-state index in [2.05, 4.69) is 5.32 Å². The van der Waals surface area contributed by atoms with Crippen molar-refractivity contribution in [2.24, 2.45) is 0 Å². The standard InChI is InChI=1S/C18H16ClNO3/c1-18(10-13-4-2-3-5-15(13)16(21)23-18)17(22)20-11-12-6-8-14(19)9-7-12/h2-9H,10-11H2,1H3,(H,20,22). The Kier molecular flexibility index (Phi) is 4.09. The molecule has 0 spiro atoms. The topological polar surface area (TPSA) is 55.4 Å². The monoisotopic (exact) mass is 329 g/mol. The number of cyclic esters (lactones) is 1.